The summed E-state index contributed by atoms with van der Waals surface area (Å²) in [6, 6.07) is 9.72. The van der Waals surface area contributed by atoms with Crippen LogP contribution in [0.4, 0.5) is 13.2 Å². The van der Waals surface area contributed by atoms with Crippen molar-refractivity contribution in [2.75, 3.05) is 13.2 Å². The topological polar surface area (TPSA) is 51.4 Å². The van der Waals surface area contributed by atoms with Crippen molar-refractivity contribution in [3.05, 3.63) is 77.2 Å². The van der Waals surface area contributed by atoms with E-state index in [1.807, 2.05) is 0 Å². The van der Waals surface area contributed by atoms with Crippen molar-refractivity contribution in [3.63, 3.8) is 0 Å². The van der Waals surface area contributed by atoms with Gasteiger partial charge in [-0.2, -0.15) is 4.98 Å². The zero-order valence-electron chi connectivity index (χ0n) is 16.4. The summed E-state index contributed by atoms with van der Waals surface area (Å²) in [5.74, 6) is -0.379. The van der Waals surface area contributed by atoms with E-state index in [9.17, 15) is 13.2 Å². The van der Waals surface area contributed by atoms with E-state index in [2.05, 4.69) is 15.0 Å². The minimum atomic E-state index is -0.849. The number of halogens is 3. The molecule has 0 N–H and O–H groups in total. The molecule has 1 aromatic heterocycles. The fourth-order valence-corrected chi connectivity index (χ4v) is 3.63. The molecule has 1 aliphatic heterocycles. The summed E-state index contributed by atoms with van der Waals surface area (Å²) in [6.07, 6.45) is 3.37. The van der Waals surface area contributed by atoms with Crippen LogP contribution in [0, 0.1) is 17.5 Å². The number of likely N-dealkylation sites (tertiary alicyclic amines) is 1. The van der Waals surface area contributed by atoms with Crippen molar-refractivity contribution >= 4 is 0 Å². The summed E-state index contributed by atoms with van der Waals surface area (Å²) in [4.78, 5) is 6.66. The van der Waals surface area contributed by atoms with E-state index in [0.717, 1.165) is 31.9 Å². The maximum absolute atomic E-state index is 13.6. The van der Waals surface area contributed by atoms with E-state index in [4.69, 9.17) is 9.26 Å². The molecular formula is C22H22F3N3O2. The minimum absolute atomic E-state index is 0.0638. The van der Waals surface area contributed by atoms with Crippen molar-refractivity contribution in [1.29, 1.82) is 0 Å². The highest BCUT2D eigenvalue weighted by Gasteiger charge is 2.29. The number of aromatic nitrogens is 2. The number of piperidine rings is 1. The number of benzene rings is 2. The Morgan fingerprint density at radius 2 is 1.87 bits per heavy atom. The number of rotatable bonds is 7. The third kappa shape index (κ3) is 4.99. The molecule has 0 saturated carbocycles. The lowest BCUT2D eigenvalue weighted by Crippen LogP contribution is -2.33. The Hall–Kier alpha value is -2.87. The van der Waals surface area contributed by atoms with Crippen LogP contribution < -0.4 is 4.74 Å². The predicted molar refractivity (Wildman–Crippen MR) is 103 cm³/mol. The van der Waals surface area contributed by atoms with E-state index >= 15 is 0 Å². The number of nitrogens with zero attached hydrogens (tertiary/aromatic N) is 3. The fourth-order valence-electron chi connectivity index (χ4n) is 3.63. The summed E-state index contributed by atoms with van der Waals surface area (Å²) >= 11 is 0. The Kier molecular flexibility index (Phi) is 6.32. The van der Waals surface area contributed by atoms with Crippen molar-refractivity contribution < 1.29 is 22.4 Å². The second kappa shape index (κ2) is 9.30. The average molecular weight is 417 g/mol. The van der Waals surface area contributed by atoms with Crippen molar-refractivity contribution in [2.45, 2.75) is 38.3 Å². The first-order chi connectivity index (χ1) is 14.6. The maximum atomic E-state index is 13.6. The van der Waals surface area contributed by atoms with Crippen molar-refractivity contribution in [1.82, 2.24) is 15.0 Å². The van der Waals surface area contributed by atoms with Gasteiger partial charge in [-0.25, -0.2) is 13.2 Å². The van der Waals surface area contributed by atoms with E-state index in [1.165, 1.54) is 18.2 Å². The van der Waals surface area contributed by atoms with Crippen molar-refractivity contribution in [3.8, 4) is 5.75 Å². The van der Waals surface area contributed by atoms with Crippen LogP contribution in [-0.4, -0.2) is 28.2 Å². The second-order valence-electron chi connectivity index (χ2n) is 7.33. The van der Waals surface area contributed by atoms with Crippen LogP contribution in [0.2, 0.25) is 0 Å². The Bertz CT molecular complexity index is 978. The van der Waals surface area contributed by atoms with Gasteiger partial charge in [0.2, 0.25) is 5.89 Å². The van der Waals surface area contributed by atoms with Crippen LogP contribution in [0.3, 0.4) is 0 Å². The standard InChI is InChI=1S/C22H22F3N3O2/c23-16-5-7-17(8-6-16)29-12-10-21-26-22(30-27-21)20-3-1-2-11-28(20)14-15-4-9-18(24)19(25)13-15/h4-9,13,20H,1-3,10-12,14H2. The van der Waals surface area contributed by atoms with Gasteiger partial charge in [0, 0.05) is 13.0 Å². The molecular weight excluding hydrogens is 395 g/mol. The predicted octanol–water partition coefficient (Wildman–Crippen LogP) is 4.84. The first kappa shape index (κ1) is 20.4. The molecule has 2 aromatic carbocycles. The summed E-state index contributed by atoms with van der Waals surface area (Å²) in [6.45, 7) is 1.64. The summed E-state index contributed by atoms with van der Waals surface area (Å²) in [5, 5.41) is 4.04. The Morgan fingerprint density at radius 3 is 2.67 bits per heavy atom. The zero-order chi connectivity index (χ0) is 20.9. The average Bonchev–Trinajstić information content (AvgIpc) is 3.21. The quantitative estimate of drug-likeness (QED) is 0.551. The third-order valence-electron chi connectivity index (χ3n) is 5.16. The molecule has 0 bridgehead atoms. The molecule has 0 radical (unpaired) electrons. The van der Waals surface area contributed by atoms with Gasteiger partial charge in [0.05, 0.1) is 12.6 Å². The summed E-state index contributed by atoms with van der Waals surface area (Å²) in [5.41, 5.74) is 0.702. The fraction of sp³-hybridized carbons (Fsp3) is 0.364. The van der Waals surface area contributed by atoms with E-state index in [1.54, 1.807) is 18.2 Å². The monoisotopic (exact) mass is 417 g/mol. The van der Waals surface area contributed by atoms with E-state index in [0.29, 0.717) is 42.6 Å². The first-order valence-electron chi connectivity index (χ1n) is 9.97. The molecule has 1 atom stereocenters. The molecule has 1 aliphatic rings. The lowest BCUT2D eigenvalue weighted by atomic mass is 10.0. The molecule has 3 aromatic rings. The molecule has 4 rings (SSSR count). The molecule has 1 fully saturated rings. The SMILES string of the molecule is Fc1ccc(OCCc2noc(C3CCCCN3Cc3ccc(F)c(F)c3)n2)cc1. The Labute approximate surface area is 172 Å². The summed E-state index contributed by atoms with van der Waals surface area (Å²) in [7, 11) is 0. The molecule has 0 aliphatic carbocycles. The van der Waals surface area contributed by atoms with Gasteiger partial charge in [0.1, 0.15) is 11.6 Å². The molecule has 1 unspecified atom stereocenters. The van der Waals surface area contributed by atoms with Gasteiger partial charge in [-0.3, -0.25) is 4.90 Å². The molecule has 2 heterocycles. The Balaban J connectivity index is 1.37. The number of ether oxygens (including phenoxy) is 1. The van der Waals surface area contributed by atoms with Gasteiger partial charge < -0.3 is 9.26 Å². The molecule has 5 nitrogen and oxygen atoms in total. The highest BCUT2D eigenvalue weighted by Crippen LogP contribution is 2.31. The Morgan fingerprint density at radius 1 is 1.03 bits per heavy atom. The van der Waals surface area contributed by atoms with E-state index < -0.39 is 11.6 Å². The van der Waals surface area contributed by atoms with Gasteiger partial charge in [0.25, 0.3) is 0 Å². The molecule has 0 spiro atoms. The molecule has 0 amide bonds. The van der Waals surface area contributed by atoms with Crippen LogP contribution in [0.15, 0.2) is 47.0 Å². The highest BCUT2D eigenvalue weighted by atomic mass is 19.2. The van der Waals surface area contributed by atoms with Crippen LogP contribution in [0.5, 0.6) is 5.75 Å². The van der Waals surface area contributed by atoms with Gasteiger partial charge >= 0.3 is 0 Å². The maximum Gasteiger partial charge on any atom is 0.244 e. The zero-order valence-corrected chi connectivity index (χ0v) is 16.4. The number of hydrogen-bond donors (Lipinski definition) is 0. The second-order valence-corrected chi connectivity index (χ2v) is 7.33. The first-order valence-corrected chi connectivity index (χ1v) is 9.97. The van der Waals surface area contributed by atoms with Crippen LogP contribution >= 0.6 is 0 Å². The molecule has 158 valence electrons. The largest absolute Gasteiger partial charge is 0.493 e. The molecule has 1 saturated heterocycles. The van der Waals surface area contributed by atoms with Gasteiger partial charge in [-0.15, -0.1) is 0 Å². The lowest BCUT2D eigenvalue weighted by Gasteiger charge is -2.33. The van der Waals surface area contributed by atoms with Gasteiger partial charge in [0.15, 0.2) is 17.5 Å². The van der Waals surface area contributed by atoms with Crippen molar-refractivity contribution in [2.24, 2.45) is 0 Å². The van der Waals surface area contributed by atoms with Gasteiger partial charge in [-0.05, 0) is 61.3 Å². The highest BCUT2D eigenvalue weighted by molar-refractivity contribution is 5.22. The molecule has 30 heavy (non-hydrogen) atoms. The normalized spacial score (nSPS) is 17.2. The molecule has 8 heteroatoms. The number of hydrogen-bond acceptors (Lipinski definition) is 5. The van der Waals surface area contributed by atoms with E-state index in [-0.39, 0.29) is 11.9 Å². The minimum Gasteiger partial charge on any atom is -0.493 e. The van der Waals surface area contributed by atoms with Crippen LogP contribution in [-0.2, 0) is 13.0 Å². The van der Waals surface area contributed by atoms with Crippen LogP contribution in [0.1, 0.15) is 42.6 Å². The third-order valence-corrected chi connectivity index (χ3v) is 5.16. The van der Waals surface area contributed by atoms with Gasteiger partial charge in [-0.1, -0.05) is 17.6 Å². The van der Waals surface area contributed by atoms with Crippen LogP contribution in [0.25, 0.3) is 0 Å². The lowest BCUT2D eigenvalue weighted by molar-refractivity contribution is 0.111. The summed E-state index contributed by atoms with van der Waals surface area (Å²) < 4.78 is 50.8. The smallest absolute Gasteiger partial charge is 0.244 e.